The Morgan fingerprint density at radius 2 is 1.94 bits per heavy atom. The molecule has 2 aliphatic heterocycles. The van der Waals surface area contributed by atoms with Gasteiger partial charge in [0.15, 0.2) is 0 Å². The van der Waals surface area contributed by atoms with Gasteiger partial charge >= 0.3 is 0 Å². The number of aromatic nitrogens is 2. The van der Waals surface area contributed by atoms with Crippen LogP contribution in [0.1, 0.15) is 38.5 Å². The van der Waals surface area contributed by atoms with Gasteiger partial charge in [0.2, 0.25) is 11.8 Å². The van der Waals surface area contributed by atoms with E-state index in [2.05, 4.69) is 4.98 Å². The molecule has 7 nitrogen and oxygen atoms in total. The molecule has 0 aliphatic carbocycles. The smallest absolute Gasteiger partial charge is 0.224 e. The van der Waals surface area contributed by atoms with Crippen LogP contribution in [0.5, 0.6) is 5.75 Å². The topological polar surface area (TPSA) is 67.7 Å². The Morgan fingerprint density at radius 1 is 1.09 bits per heavy atom. The van der Waals surface area contributed by atoms with Crippen molar-refractivity contribution in [2.45, 2.75) is 51.2 Å². The maximum atomic E-state index is 13.0. The number of hydrogen-bond acceptors (Lipinski definition) is 4. The average molecular weight is 459 g/mol. The molecule has 4 rings (SSSR count). The molecular formula is C24H31ClN4O3. The van der Waals surface area contributed by atoms with E-state index in [0.29, 0.717) is 49.7 Å². The highest BCUT2D eigenvalue weighted by atomic mass is 35.5. The summed E-state index contributed by atoms with van der Waals surface area (Å²) in [7, 11) is 0. The highest BCUT2D eigenvalue weighted by Gasteiger charge is 2.35. The van der Waals surface area contributed by atoms with Gasteiger partial charge in [0.1, 0.15) is 11.9 Å². The predicted octanol–water partition coefficient (Wildman–Crippen LogP) is 3.63. The first-order chi connectivity index (χ1) is 15.6. The lowest BCUT2D eigenvalue weighted by Gasteiger charge is -2.39. The molecule has 3 heterocycles. The molecule has 2 atom stereocenters. The lowest BCUT2D eigenvalue weighted by molar-refractivity contribution is -0.139. The lowest BCUT2D eigenvalue weighted by atomic mass is 9.90. The zero-order valence-electron chi connectivity index (χ0n) is 18.4. The van der Waals surface area contributed by atoms with E-state index in [4.69, 9.17) is 16.3 Å². The van der Waals surface area contributed by atoms with Crippen LogP contribution in [0.4, 0.5) is 0 Å². The summed E-state index contributed by atoms with van der Waals surface area (Å²) in [5.41, 5.74) is 0. The third kappa shape index (κ3) is 6.03. The van der Waals surface area contributed by atoms with Gasteiger partial charge in [-0.25, -0.2) is 4.98 Å². The largest absolute Gasteiger partial charge is 0.490 e. The van der Waals surface area contributed by atoms with Crippen LogP contribution in [0.2, 0.25) is 5.02 Å². The Morgan fingerprint density at radius 3 is 2.69 bits per heavy atom. The predicted molar refractivity (Wildman–Crippen MR) is 122 cm³/mol. The average Bonchev–Trinajstić information content (AvgIpc) is 3.33. The summed E-state index contributed by atoms with van der Waals surface area (Å²) in [5, 5.41) is 0.621. The van der Waals surface area contributed by atoms with E-state index < -0.39 is 0 Å². The maximum absolute atomic E-state index is 13.0. The first-order valence-electron chi connectivity index (χ1n) is 11.5. The molecule has 0 bridgehead atoms. The SMILES string of the molecule is O=C(C[C@H]1CN(C(=O)CCn2ccnc2)CC[C@@H]1Oc1cccc(Cl)c1)N1CCCCC1. The van der Waals surface area contributed by atoms with Gasteiger partial charge in [0.05, 0.1) is 6.33 Å². The van der Waals surface area contributed by atoms with Crippen molar-refractivity contribution in [1.82, 2.24) is 19.4 Å². The van der Waals surface area contributed by atoms with Gasteiger partial charge in [-0.15, -0.1) is 0 Å². The number of carbonyl (C=O) groups excluding carboxylic acids is 2. The highest BCUT2D eigenvalue weighted by molar-refractivity contribution is 6.30. The molecule has 0 spiro atoms. The molecule has 2 aromatic rings. The van der Waals surface area contributed by atoms with Crippen LogP contribution in [0.25, 0.3) is 0 Å². The van der Waals surface area contributed by atoms with Gasteiger partial charge in [-0.3, -0.25) is 9.59 Å². The van der Waals surface area contributed by atoms with E-state index in [0.717, 1.165) is 25.9 Å². The molecule has 2 saturated heterocycles. The fraction of sp³-hybridized carbons (Fsp3) is 0.542. The summed E-state index contributed by atoms with van der Waals surface area (Å²) < 4.78 is 8.19. The number of benzene rings is 1. The van der Waals surface area contributed by atoms with Gasteiger partial charge in [0.25, 0.3) is 0 Å². The third-order valence-corrected chi connectivity index (χ3v) is 6.62. The van der Waals surface area contributed by atoms with Gasteiger partial charge in [-0.05, 0) is 37.5 Å². The number of aryl methyl sites for hydroxylation is 1. The molecule has 2 amide bonds. The van der Waals surface area contributed by atoms with Crippen molar-refractivity contribution in [2.75, 3.05) is 26.2 Å². The molecule has 0 N–H and O–H groups in total. The molecule has 32 heavy (non-hydrogen) atoms. The van der Waals surface area contributed by atoms with Crippen LogP contribution < -0.4 is 4.74 Å². The number of halogens is 1. The van der Waals surface area contributed by atoms with Crippen molar-refractivity contribution in [3.05, 3.63) is 48.0 Å². The Hall–Kier alpha value is -2.54. The molecule has 0 saturated carbocycles. The first-order valence-corrected chi connectivity index (χ1v) is 11.9. The Kier molecular flexibility index (Phi) is 7.68. The van der Waals surface area contributed by atoms with Crippen molar-refractivity contribution in [1.29, 1.82) is 0 Å². The first kappa shape index (κ1) is 22.6. The van der Waals surface area contributed by atoms with Gasteiger partial charge < -0.3 is 19.1 Å². The number of imidazole rings is 1. The third-order valence-electron chi connectivity index (χ3n) is 6.39. The number of amides is 2. The molecular weight excluding hydrogens is 428 g/mol. The van der Waals surface area contributed by atoms with Crippen LogP contribution in [-0.2, 0) is 16.1 Å². The summed E-state index contributed by atoms with van der Waals surface area (Å²) in [6.45, 7) is 3.43. The van der Waals surface area contributed by atoms with Gasteiger partial charge in [-0.2, -0.15) is 0 Å². The number of likely N-dealkylation sites (tertiary alicyclic amines) is 2. The van der Waals surface area contributed by atoms with Crippen LogP contribution in [0.3, 0.4) is 0 Å². The van der Waals surface area contributed by atoms with Crippen LogP contribution >= 0.6 is 11.6 Å². The Bertz CT molecular complexity index is 898. The van der Waals surface area contributed by atoms with Gasteiger partial charge in [0, 0.05) is 75.3 Å². The minimum atomic E-state index is -0.125. The summed E-state index contributed by atoms with van der Waals surface area (Å²) in [4.78, 5) is 33.8. The minimum absolute atomic E-state index is 0.0469. The second-order valence-electron chi connectivity index (χ2n) is 8.70. The van der Waals surface area contributed by atoms with Crippen molar-refractivity contribution in [3.63, 3.8) is 0 Å². The zero-order chi connectivity index (χ0) is 22.3. The molecule has 2 aliphatic rings. The van der Waals surface area contributed by atoms with Crippen molar-refractivity contribution >= 4 is 23.4 Å². The number of ether oxygens (including phenoxy) is 1. The summed E-state index contributed by atoms with van der Waals surface area (Å²) in [5.74, 6) is 0.935. The normalized spacial score (nSPS) is 21.4. The van der Waals surface area contributed by atoms with E-state index in [9.17, 15) is 9.59 Å². The minimum Gasteiger partial charge on any atom is -0.490 e. The molecule has 1 aromatic carbocycles. The summed E-state index contributed by atoms with van der Waals surface area (Å²) in [6.07, 6.45) is 10.0. The van der Waals surface area contributed by atoms with Crippen molar-refractivity contribution in [2.24, 2.45) is 5.92 Å². The van der Waals surface area contributed by atoms with Crippen molar-refractivity contribution < 1.29 is 14.3 Å². The monoisotopic (exact) mass is 458 g/mol. The zero-order valence-corrected chi connectivity index (χ0v) is 19.1. The standard InChI is InChI=1S/C24H31ClN4O3/c25-20-5-4-6-21(16-20)32-22-7-13-29(23(30)8-12-27-14-9-26-18-27)17-19(22)15-24(31)28-10-2-1-3-11-28/h4-6,9,14,16,18-19,22H,1-3,7-8,10-13,15,17H2/t19-,22-/m0/s1. The van der Waals surface area contributed by atoms with Crippen molar-refractivity contribution in [3.8, 4) is 5.75 Å². The molecule has 0 radical (unpaired) electrons. The quantitative estimate of drug-likeness (QED) is 0.635. The van der Waals surface area contributed by atoms with Crippen LogP contribution in [0, 0.1) is 5.92 Å². The lowest BCUT2D eigenvalue weighted by Crippen LogP contribution is -2.50. The van der Waals surface area contributed by atoms with E-state index in [1.165, 1.54) is 6.42 Å². The number of rotatable bonds is 7. The number of piperidine rings is 2. The number of nitrogens with zero attached hydrogens (tertiary/aromatic N) is 4. The summed E-state index contributed by atoms with van der Waals surface area (Å²) in [6, 6.07) is 7.36. The Balaban J connectivity index is 1.41. The number of hydrogen-bond donors (Lipinski definition) is 0. The summed E-state index contributed by atoms with van der Waals surface area (Å²) >= 11 is 6.13. The molecule has 2 fully saturated rings. The maximum Gasteiger partial charge on any atom is 0.224 e. The van der Waals surface area contributed by atoms with E-state index in [1.807, 2.05) is 38.8 Å². The van der Waals surface area contributed by atoms with Crippen LogP contribution in [-0.4, -0.2) is 63.4 Å². The highest BCUT2D eigenvalue weighted by Crippen LogP contribution is 2.28. The van der Waals surface area contributed by atoms with E-state index in [1.54, 1.807) is 18.6 Å². The fourth-order valence-corrected chi connectivity index (χ4v) is 4.78. The molecule has 172 valence electrons. The second-order valence-corrected chi connectivity index (χ2v) is 9.13. The number of carbonyl (C=O) groups is 2. The molecule has 1 aromatic heterocycles. The second kappa shape index (κ2) is 10.9. The van der Waals surface area contributed by atoms with Gasteiger partial charge in [-0.1, -0.05) is 17.7 Å². The Labute approximate surface area is 194 Å². The van der Waals surface area contributed by atoms with Crippen LogP contribution in [0.15, 0.2) is 43.0 Å². The molecule has 0 unspecified atom stereocenters. The fourth-order valence-electron chi connectivity index (χ4n) is 4.60. The van der Waals surface area contributed by atoms with E-state index >= 15 is 0 Å². The van der Waals surface area contributed by atoms with E-state index in [-0.39, 0.29) is 23.8 Å². The molecule has 8 heteroatoms.